The zero-order valence-corrected chi connectivity index (χ0v) is 14.3. The van der Waals surface area contributed by atoms with Gasteiger partial charge in [0.2, 0.25) is 0 Å². The molecule has 2 aromatic rings. The third-order valence-corrected chi connectivity index (χ3v) is 4.75. The number of hydrogen-bond acceptors (Lipinski definition) is 3. The zero-order valence-electron chi connectivity index (χ0n) is 14.3. The van der Waals surface area contributed by atoms with Crippen molar-refractivity contribution in [3.63, 3.8) is 0 Å². The molecule has 1 aromatic carbocycles. The van der Waals surface area contributed by atoms with Crippen molar-refractivity contribution in [3.8, 4) is 5.75 Å². The highest BCUT2D eigenvalue weighted by atomic mass is 19.1. The maximum Gasteiger partial charge on any atom is 0.328 e. The van der Waals surface area contributed by atoms with Crippen molar-refractivity contribution < 1.29 is 23.8 Å². The molecule has 0 saturated carbocycles. The highest BCUT2D eigenvalue weighted by molar-refractivity contribution is 5.97. The lowest BCUT2D eigenvalue weighted by Crippen LogP contribution is -2.38. The average molecular weight is 348 g/mol. The van der Waals surface area contributed by atoms with Gasteiger partial charge in [-0.3, -0.25) is 9.36 Å². The van der Waals surface area contributed by atoms with E-state index in [-0.39, 0.29) is 18.2 Å². The van der Waals surface area contributed by atoms with Crippen LogP contribution >= 0.6 is 0 Å². The van der Waals surface area contributed by atoms with Crippen molar-refractivity contribution in [2.24, 2.45) is 0 Å². The van der Waals surface area contributed by atoms with Gasteiger partial charge < -0.3 is 14.7 Å². The van der Waals surface area contributed by atoms with Crippen LogP contribution in [0.25, 0.3) is 10.9 Å². The van der Waals surface area contributed by atoms with Gasteiger partial charge >= 0.3 is 12.0 Å². The Morgan fingerprint density at radius 2 is 1.92 bits per heavy atom. The fourth-order valence-electron chi connectivity index (χ4n) is 3.48. The molecule has 134 valence electrons. The Morgan fingerprint density at radius 3 is 2.52 bits per heavy atom. The third kappa shape index (κ3) is 3.06. The third-order valence-electron chi connectivity index (χ3n) is 4.75. The molecule has 1 aliphatic rings. The minimum atomic E-state index is -1.00. The lowest BCUT2D eigenvalue weighted by atomic mass is 10.1. The van der Waals surface area contributed by atoms with Gasteiger partial charge in [0.15, 0.2) is 11.6 Å². The smallest absolute Gasteiger partial charge is 0.328 e. The maximum absolute atomic E-state index is 14.2. The number of carboxylic acids is 1. The summed E-state index contributed by atoms with van der Waals surface area (Å²) < 4.78 is 20.7. The van der Waals surface area contributed by atoms with Crippen LogP contribution in [0.1, 0.15) is 30.5 Å². The van der Waals surface area contributed by atoms with Gasteiger partial charge in [0.25, 0.3) is 0 Å². The molecule has 7 heteroatoms. The number of halogens is 1. The maximum atomic E-state index is 14.2. The molecule has 2 heterocycles. The van der Waals surface area contributed by atoms with E-state index < -0.39 is 11.8 Å². The second kappa shape index (κ2) is 6.74. The number of ether oxygens (including phenoxy) is 1. The summed E-state index contributed by atoms with van der Waals surface area (Å²) in [6, 6.07) is 2.48. The van der Waals surface area contributed by atoms with E-state index in [0.717, 1.165) is 19.3 Å². The summed E-state index contributed by atoms with van der Waals surface area (Å²) >= 11 is 0. The number of hydrogen-bond donors (Lipinski definition) is 1. The first-order valence-corrected chi connectivity index (χ1v) is 8.32. The van der Waals surface area contributed by atoms with E-state index in [1.807, 2.05) is 0 Å². The molecule has 3 rings (SSSR count). The summed E-state index contributed by atoms with van der Waals surface area (Å²) in [5, 5.41) is 9.75. The number of aromatic nitrogens is 1. The van der Waals surface area contributed by atoms with Crippen LogP contribution in [0.3, 0.4) is 0 Å². The molecule has 0 unspecified atom stereocenters. The normalized spacial score (nSPS) is 14.8. The highest BCUT2D eigenvalue weighted by Gasteiger charge is 2.26. The first-order valence-electron chi connectivity index (χ1n) is 8.32. The van der Waals surface area contributed by atoms with Crippen LogP contribution in [0, 0.1) is 12.7 Å². The standard InChI is InChI=1S/C18H21FN2O4/c1-11-12(9-17(22)23)13-8-16(25-2)14(19)10-15(13)21(11)18(24)20-6-4-3-5-7-20/h8,10H,3-7,9H2,1-2H3,(H,22,23). The number of carbonyl (C=O) groups excluding carboxylic acids is 1. The Hall–Kier alpha value is -2.57. The van der Waals surface area contributed by atoms with E-state index in [0.29, 0.717) is 35.2 Å². The van der Waals surface area contributed by atoms with Gasteiger partial charge in [-0.05, 0) is 37.8 Å². The minimum absolute atomic E-state index is 0.0294. The molecule has 0 atom stereocenters. The Morgan fingerprint density at radius 1 is 1.24 bits per heavy atom. The quantitative estimate of drug-likeness (QED) is 0.925. The lowest BCUT2D eigenvalue weighted by Gasteiger charge is -2.27. The number of benzene rings is 1. The van der Waals surface area contributed by atoms with Gasteiger partial charge in [0, 0.05) is 30.2 Å². The topological polar surface area (TPSA) is 71.8 Å². The van der Waals surface area contributed by atoms with E-state index in [2.05, 4.69) is 0 Å². The van der Waals surface area contributed by atoms with Crippen molar-refractivity contribution in [2.45, 2.75) is 32.6 Å². The Kier molecular flexibility index (Phi) is 4.65. The lowest BCUT2D eigenvalue weighted by molar-refractivity contribution is -0.136. The fraction of sp³-hybridized carbons (Fsp3) is 0.444. The number of amides is 1. The van der Waals surface area contributed by atoms with Crippen molar-refractivity contribution >= 4 is 22.9 Å². The number of methoxy groups -OCH3 is 1. The van der Waals surface area contributed by atoms with Crippen LogP contribution in [-0.4, -0.2) is 46.8 Å². The molecule has 1 aliphatic heterocycles. The molecule has 1 N–H and O–H groups in total. The highest BCUT2D eigenvalue weighted by Crippen LogP contribution is 2.32. The molecular weight excluding hydrogens is 327 g/mol. The summed E-state index contributed by atoms with van der Waals surface area (Å²) in [5.41, 5.74) is 1.41. The van der Waals surface area contributed by atoms with Gasteiger partial charge in [-0.15, -0.1) is 0 Å². The number of fused-ring (bicyclic) bond motifs is 1. The van der Waals surface area contributed by atoms with Gasteiger partial charge in [-0.1, -0.05) is 0 Å². The van der Waals surface area contributed by atoms with E-state index in [4.69, 9.17) is 4.74 Å². The summed E-state index contributed by atoms with van der Waals surface area (Å²) in [4.78, 5) is 26.0. The van der Waals surface area contributed by atoms with E-state index >= 15 is 0 Å². The largest absolute Gasteiger partial charge is 0.494 e. The second-order valence-corrected chi connectivity index (χ2v) is 6.30. The molecule has 1 aromatic heterocycles. The van der Waals surface area contributed by atoms with Crippen LogP contribution in [0.5, 0.6) is 5.75 Å². The number of rotatable bonds is 3. The first-order chi connectivity index (χ1) is 11.9. The number of nitrogens with zero attached hydrogens (tertiary/aromatic N) is 2. The van der Waals surface area contributed by atoms with Crippen LogP contribution in [0.15, 0.2) is 12.1 Å². The van der Waals surface area contributed by atoms with E-state index in [9.17, 15) is 19.1 Å². The SMILES string of the molecule is COc1cc2c(CC(=O)O)c(C)n(C(=O)N3CCCCC3)c2cc1F. The van der Waals surface area contributed by atoms with E-state index in [1.165, 1.54) is 23.8 Å². The van der Waals surface area contributed by atoms with Crippen LogP contribution < -0.4 is 4.74 Å². The summed E-state index contributed by atoms with van der Waals surface area (Å²) in [6.45, 7) is 3.01. The molecular formula is C18H21FN2O4. The molecule has 0 bridgehead atoms. The predicted molar refractivity (Wildman–Crippen MR) is 90.7 cm³/mol. The summed E-state index contributed by atoms with van der Waals surface area (Å²) in [6.07, 6.45) is 2.73. The summed E-state index contributed by atoms with van der Waals surface area (Å²) in [5.74, 6) is -1.56. The number of carbonyl (C=O) groups is 2. The van der Waals surface area contributed by atoms with E-state index in [1.54, 1.807) is 11.8 Å². The van der Waals surface area contributed by atoms with Gasteiger partial charge in [-0.25, -0.2) is 9.18 Å². The first kappa shape index (κ1) is 17.3. The summed E-state index contributed by atoms with van der Waals surface area (Å²) in [7, 11) is 1.35. The number of piperidine rings is 1. The van der Waals surface area contributed by atoms with Crippen LogP contribution in [0.4, 0.5) is 9.18 Å². The molecule has 25 heavy (non-hydrogen) atoms. The monoisotopic (exact) mass is 348 g/mol. The zero-order chi connectivity index (χ0) is 18.1. The van der Waals surface area contributed by atoms with Crippen molar-refractivity contribution in [1.29, 1.82) is 0 Å². The van der Waals surface area contributed by atoms with Crippen molar-refractivity contribution in [2.75, 3.05) is 20.2 Å². The average Bonchev–Trinajstić information content (AvgIpc) is 2.85. The van der Waals surface area contributed by atoms with Gasteiger partial charge in [0.1, 0.15) is 0 Å². The minimum Gasteiger partial charge on any atom is -0.494 e. The van der Waals surface area contributed by atoms with Crippen LogP contribution in [0.2, 0.25) is 0 Å². The molecule has 1 fully saturated rings. The predicted octanol–water partition coefficient (Wildman–Crippen LogP) is 3.18. The second-order valence-electron chi connectivity index (χ2n) is 6.30. The number of likely N-dealkylation sites (tertiary alicyclic amines) is 1. The van der Waals surface area contributed by atoms with Crippen molar-refractivity contribution in [1.82, 2.24) is 9.47 Å². The van der Waals surface area contributed by atoms with Gasteiger partial charge in [0.05, 0.1) is 19.0 Å². The molecule has 6 nitrogen and oxygen atoms in total. The molecule has 0 radical (unpaired) electrons. The number of carboxylic acid groups (broad SMARTS) is 1. The Labute approximate surface area is 144 Å². The molecule has 0 aliphatic carbocycles. The molecule has 1 amide bonds. The Balaban J connectivity index is 2.19. The Bertz CT molecular complexity index is 837. The fourth-order valence-corrected chi connectivity index (χ4v) is 3.48. The van der Waals surface area contributed by atoms with Gasteiger partial charge in [-0.2, -0.15) is 0 Å². The molecule has 0 spiro atoms. The number of aliphatic carboxylic acids is 1. The van der Waals surface area contributed by atoms with Crippen molar-refractivity contribution in [3.05, 3.63) is 29.2 Å². The van der Waals surface area contributed by atoms with Crippen LogP contribution in [-0.2, 0) is 11.2 Å². The molecule has 1 saturated heterocycles.